The number of benzene rings is 1. The van der Waals surface area contributed by atoms with Crippen LogP contribution < -0.4 is 10.0 Å². The summed E-state index contributed by atoms with van der Waals surface area (Å²) in [6, 6.07) is 2.21. The average Bonchev–Trinajstić information content (AvgIpc) is 2.31. The van der Waals surface area contributed by atoms with Crippen LogP contribution in [0.5, 0.6) is 0 Å². The molecule has 0 aliphatic carbocycles. The van der Waals surface area contributed by atoms with Crippen molar-refractivity contribution in [2.75, 3.05) is 13.1 Å². The van der Waals surface area contributed by atoms with Crippen molar-refractivity contribution >= 4 is 10.0 Å². The van der Waals surface area contributed by atoms with Gasteiger partial charge in [-0.05, 0) is 37.6 Å². The first-order valence-corrected chi connectivity index (χ1v) is 7.56. The van der Waals surface area contributed by atoms with Gasteiger partial charge in [-0.3, -0.25) is 0 Å². The lowest BCUT2D eigenvalue weighted by atomic mass is 9.97. The van der Waals surface area contributed by atoms with Crippen molar-refractivity contribution in [3.63, 3.8) is 0 Å². The molecule has 1 aromatic carbocycles. The van der Waals surface area contributed by atoms with Crippen LogP contribution in [0, 0.1) is 17.6 Å². The van der Waals surface area contributed by atoms with E-state index in [0.717, 1.165) is 12.1 Å². The zero-order valence-corrected chi connectivity index (χ0v) is 11.3. The Kier molecular flexibility index (Phi) is 4.17. The van der Waals surface area contributed by atoms with E-state index in [1.54, 1.807) is 0 Å². The lowest BCUT2D eigenvalue weighted by molar-refractivity contribution is 0.327. The topological polar surface area (TPSA) is 58.2 Å². The van der Waals surface area contributed by atoms with Gasteiger partial charge in [0.25, 0.3) is 0 Å². The molecule has 1 fully saturated rings. The van der Waals surface area contributed by atoms with Crippen LogP contribution in [0.15, 0.2) is 23.1 Å². The van der Waals surface area contributed by atoms with Gasteiger partial charge in [-0.1, -0.05) is 6.92 Å². The first-order valence-electron chi connectivity index (χ1n) is 6.08. The molecule has 1 saturated heterocycles. The second-order valence-electron chi connectivity index (χ2n) is 4.77. The molecule has 2 atom stereocenters. The van der Waals surface area contributed by atoms with E-state index in [-0.39, 0.29) is 12.0 Å². The highest BCUT2D eigenvalue weighted by Gasteiger charge is 2.28. The van der Waals surface area contributed by atoms with E-state index in [0.29, 0.717) is 25.6 Å². The standard InChI is InChI=1S/C12H16F2N2O2S/c1-8-7-15-5-4-11(8)16-19(17,18)12-3-2-9(13)6-10(12)14/h2-3,6,8,11,15-16H,4-5,7H2,1H3/t8-,11+/m1/s1. The summed E-state index contributed by atoms with van der Waals surface area (Å²) in [7, 11) is -3.96. The maximum Gasteiger partial charge on any atom is 0.243 e. The molecule has 1 aliphatic heterocycles. The number of hydrogen-bond donors (Lipinski definition) is 2. The molecule has 0 radical (unpaired) electrons. The molecule has 4 nitrogen and oxygen atoms in total. The summed E-state index contributed by atoms with van der Waals surface area (Å²) in [6.07, 6.45) is 0.642. The molecule has 1 heterocycles. The summed E-state index contributed by atoms with van der Waals surface area (Å²) in [5.41, 5.74) is 0. The fraction of sp³-hybridized carbons (Fsp3) is 0.500. The van der Waals surface area contributed by atoms with Crippen molar-refractivity contribution in [3.05, 3.63) is 29.8 Å². The average molecular weight is 290 g/mol. The molecule has 0 bridgehead atoms. The number of rotatable bonds is 3. The SMILES string of the molecule is C[C@@H]1CNCC[C@@H]1NS(=O)(=O)c1ccc(F)cc1F. The summed E-state index contributed by atoms with van der Waals surface area (Å²) >= 11 is 0. The second kappa shape index (κ2) is 5.52. The Morgan fingerprint density at radius 1 is 1.37 bits per heavy atom. The third kappa shape index (κ3) is 3.29. The Bertz CT molecular complexity index is 563. The summed E-state index contributed by atoms with van der Waals surface area (Å²) in [4.78, 5) is -0.514. The van der Waals surface area contributed by atoms with Gasteiger partial charge in [0.1, 0.15) is 16.5 Å². The minimum Gasteiger partial charge on any atom is -0.316 e. The smallest absolute Gasteiger partial charge is 0.243 e. The zero-order valence-electron chi connectivity index (χ0n) is 10.5. The van der Waals surface area contributed by atoms with E-state index >= 15 is 0 Å². The van der Waals surface area contributed by atoms with Gasteiger partial charge in [-0.25, -0.2) is 21.9 Å². The Labute approximate surface area is 111 Å². The van der Waals surface area contributed by atoms with E-state index in [1.807, 2.05) is 6.92 Å². The van der Waals surface area contributed by atoms with Gasteiger partial charge in [0.05, 0.1) is 0 Å². The summed E-state index contributed by atoms with van der Waals surface area (Å²) in [5, 5.41) is 3.15. The van der Waals surface area contributed by atoms with Crippen LogP contribution in [-0.4, -0.2) is 27.5 Å². The van der Waals surface area contributed by atoms with Gasteiger partial charge in [0.15, 0.2) is 0 Å². The molecular weight excluding hydrogens is 274 g/mol. The van der Waals surface area contributed by atoms with E-state index < -0.39 is 26.6 Å². The number of sulfonamides is 1. The van der Waals surface area contributed by atoms with Crippen LogP contribution >= 0.6 is 0 Å². The molecule has 1 aromatic rings. The van der Waals surface area contributed by atoms with Crippen LogP contribution in [0.3, 0.4) is 0 Å². The fourth-order valence-electron chi connectivity index (χ4n) is 2.15. The highest BCUT2D eigenvalue weighted by Crippen LogP contribution is 2.18. The summed E-state index contributed by atoms with van der Waals surface area (Å²) < 4.78 is 53.0. The molecular formula is C12H16F2N2O2S. The van der Waals surface area contributed by atoms with E-state index in [9.17, 15) is 17.2 Å². The van der Waals surface area contributed by atoms with Gasteiger partial charge >= 0.3 is 0 Å². The highest BCUT2D eigenvalue weighted by molar-refractivity contribution is 7.89. The minimum atomic E-state index is -3.96. The van der Waals surface area contributed by atoms with Gasteiger partial charge in [0, 0.05) is 12.1 Å². The Morgan fingerprint density at radius 2 is 2.11 bits per heavy atom. The lowest BCUT2D eigenvalue weighted by Gasteiger charge is -2.29. The molecule has 2 rings (SSSR count). The zero-order chi connectivity index (χ0) is 14.0. The van der Waals surface area contributed by atoms with E-state index in [4.69, 9.17) is 0 Å². The van der Waals surface area contributed by atoms with Crippen molar-refractivity contribution in [2.45, 2.75) is 24.3 Å². The molecule has 1 aliphatic rings. The molecule has 0 spiro atoms. The highest BCUT2D eigenvalue weighted by atomic mass is 32.2. The Hall–Kier alpha value is -1.05. The maximum absolute atomic E-state index is 13.5. The first-order chi connectivity index (χ1) is 8.90. The molecule has 106 valence electrons. The quantitative estimate of drug-likeness (QED) is 0.880. The summed E-state index contributed by atoms with van der Waals surface area (Å²) in [6.45, 7) is 3.34. The number of hydrogen-bond acceptors (Lipinski definition) is 3. The molecule has 7 heteroatoms. The minimum absolute atomic E-state index is 0.118. The monoisotopic (exact) mass is 290 g/mol. The van der Waals surface area contributed by atoms with Gasteiger partial charge < -0.3 is 5.32 Å². The Balaban J connectivity index is 2.22. The van der Waals surface area contributed by atoms with Crippen LogP contribution in [0.4, 0.5) is 8.78 Å². The van der Waals surface area contributed by atoms with Gasteiger partial charge in [0.2, 0.25) is 10.0 Å². The van der Waals surface area contributed by atoms with E-state index in [2.05, 4.69) is 10.0 Å². The summed E-state index contributed by atoms with van der Waals surface area (Å²) in [5.74, 6) is -1.76. The predicted octanol–water partition coefficient (Wildman–Crippen LogP) is 1.24. The second-order valence-corrected chi connectivity index (χ2v) is 6.46. The fourth-order valence-corrected chi connectivity index (χ4v) is 3.58. The van der Waals surface area contributed by atoms with Crippen LogP contribution in [0.1, 0.15) is 13.3 Å². The van der Waals surface area contributed by atoms with Crippen molar-refractivity contribution in [1.82, 2.24) is 10.0 Å². The normalized spacial score (nSPS) is 24.4. The largest absolute Gasteiger partial charge is 0.316 e. The number of halogens is 2. The Morgan fingerprint density at radius 3 is 2.74 bits per heavy atom. The maximum atomic E-state index is 13.5. The third-order valence-corrected chi connectivity index (χ3v) is 4.80. The number of piperidine rings is 1. The van der Waals surface area contributed by atoms with Gasteiger partial charge in [-0.2, -0.15) is 0 Å². The van der Waals surface area contributed by atoms with Gasteiger partial charge in [-0.15, -0.1) is 0 Å². The van der Waals surface area contributed by atoms with Crippen LogP contribution in [0.2, 0.25) is 0 Å². The lowest BCUT2D eigenvalue weighted by Crippen LogP contribution is -2.48. The first kappa shape index (κ1) is 14.4. The van der Waals surface area contributed by atoms with Crippen molar-refractivity contribution < 1.29 is 17.2 Å². The third-order valence-electron chi connectivity index (χ3n) is 3.28. The van der Waals surface area contributed by atoms with Crippen molar-refractivity contribution in [1.29, 1.82) is 0 Å². The predicted molar refractivity (Wildman–Crippen MR) is 67.1 cm³/mol. The van der Waals surface area contributed by atoms with Crippen molar-refractivity contribution in [3.8, 4) is 0 Å². The number of nitrogens with one attached hydrogen (secondary N) is 2. The van der Waals surface area contributed by atoms with E-state index in [1.165, 1.54) is 0 Å². The molecule has 0 unspecified atom stereocenters. The molecule has 0 saturated carbocycles. The van der Waals surface area contributed by atoms with Crippen molar-refractivity contribution in [2.24, 2.45) is 5.92 Å². The molecule has 19 heavy (non-hydrogen) atoms. The molecule has 2 N–H and O–H groups in total. The molecule has 0 aromatic heterocycles. The molecule has 0 amide bonds. The van der Waals surface area contributed by atoms with Crippen LogP contribution in [0.25, 0.3) is 0 Å². The van der Waals surface area contributed by atoms with Crippen LogP contribution in [-0.2, 0) is 10.0 Å².